The van der Waals surface area contributed by atoms with Crippen molar-refractivity contribution in [1.29, 1.82) is 0 Å². The standard InChI is InChI=1S/C8H17NO12P2/c1-3(11)6(14)8(9,7(15)5(13)4(12)2-10)22(16,17)21-23(18,19)20/h4-5,7,10,12-13,15H,2,9H2,1H3,(H,16,17)(H2,18,19,20)/t4-,5+,7+,8-/m1/s1. The molecule has 0 rings (SSSR count). The maximum atomic E-state index is 12.0. The zero-order valence-electron chi connectivity index (χ0n) is 11.6. The minimum absolute atomic E-state index is 0.559. The summed E-state index contributed by atoms with van der Waals surface area (Å²) in [6.45, 7) is -0.624. The number of nitrogens with two attached hydrogens (primary N) is 1. The van der Waals surface area contributed by atoms with Crippen LogP contribution in [0.5, 0.6) is 0 Å². The van der Waals surface area contributed by atoms with E-state index in [1.807, 2.05) is 0 Å². The molecule has 0 heterocycles. The first-order valence-corrected chi connectivity index (χ1v) is 8.81. The molecule has 0 saturated carbocycles. The number of carbonyl (C=O) groups excluding carboxylic acids is 2. The molecule has 0 aliphatic heterocycles. The number of aliphatic hydroxyl groups is 4. The summed E-state index contributed by atoms with van der Waals surface area (Å²) in [7, 11) is -11.7. The number of hydrogen-bond acceptors (Lipinski definition) is 10. The fourth-order valence-corrected chi connectivity index (χ4v) is 4.10. The first-order chi connectivity index (χ1) is 10.1. The number of phosphoric acid groups is 1. The van der Waals surface area contributed by atoms with Crippen molar-refractivity contribution in [3.8, 4) is 0 Å². The van der Waals surface area contributed by atoms with Crippen molar-refractivity contribution in [2.24, 2.45) is 5.73 Å². The predicted molar refractivity (Wildman–Crippen MR) is 70.7 cm³/mol. The summed E-state index contributed by atoms with van der Waals surface area (Å²) in [5, 5.41) is 33.5. The smallest absolute Gasteiger partial charge is 0.394 e. The molecular formula is C8H17NO12P2. The number of hydrogen-bond donors (Lipinski definition) is 8. The van der Waals surface area contributed by atoms with Gasteiger partial charge in [0.25, 0.3) is 0 Å². The van der Waals surface area contributed by atoms with Gasteiger partial charge in [-0.25, -0.2) is 8.88 Å². The second-order valence-corrected chi connectivity index (χ2v) is 7.90. The summed E-state index contributed by atoms with van der Waals surface area (Å²) in [6, 6.07) is 0. The molecule has 0 amide bonds. The lowest BCUT2D eigenvalue weighted by atomic mass is 9.96. The van der Waals surface area contributed by atoms with Crippen molar-refractivity contribution in [2.75, 3.05) is 6.61 Å². The predicted octanol–water partition coefficient (Wildman–Crippen LogP) is -3.83. The number of carbonyl (C=O) groups is 2. The van der Waals surface area contributed by atoms with Crippen LogP contribution in [0.4, 0.5) is 0 Å². The molecular weight excluding hydrogens is 364 g/mol. The Morgan fingerprint density at radius 3 is 1.91 bits per heavy atom. The van der Waals surface area contributed by atoms with Gasteiger partial charge in [0.2, 0.25) is 11.1 Å². The molecule has 0 saturated heterocycles. The first kappa shape index (κ1) is 22.4. The molecule has 5 atom stereocenters. The molecule has 0 aliphatic rings. The van der Waals surface area contributed by atoms with Gasteiger partial charge < -0.3 is 40.8 Å². The Hall–Kier alpha value is -0.560. The highest BCUT2D eigenvalue weighted by atomic mass is 31.3. The second-order valence-electron chi connectivity index (χ2n) is 4.49. The quantitative estimate of drug-likeness (QED) is 0.141. The summed E-state index contributed by atoms with van der Waals surface area (Å²) in [4.78, 5) is 49.7. The SMILES string of the molecule is CC(=O)C(=O)[C@](N)([C@@H](O)[C@@H](O)[C@H](O)CO)P(=O)(O)OP(=O)(O)O. The second kappa shape index (κ2) is 7.55. The van der Waals surface area contributed by atoms with E-state index in [9.17, 15) is 38.9 Å². The molecule has 136 valence electrons. The minimum atomic E-state index is -5.96. The van der Waals surface area contributed by atoms with E-state index in [2.05, 4.69) is 4.31 Å². The van der Waals surface area contributed by atoms with Gasteiger partial charge in [0.05, 0.1) is 6.61 Å². The zero-order valence-corrected chi connectivity index (χ0v) is 13.4. The van der Waals surface area contributed by atoms with Crippen LogP contribution in [-0.4, -0.2) is 76.9 Å². The summed E-state index contributed by atoms with van der Waals surface area (Å²) in [6.07, 6.45) is -7.60. The summed E-state index contributed by atoms with van der Waals surface area (Å²) in [5.41, 5.74) is 5.21. The van der Waals surface area contributed by atoms with Gasteiger partial charge in [-0.3, -0.25) is 14.2 Å². The van der Waals surface area contributed by atoms with E-state index < -0.39 is 57.2 Å². The highest BCUT2D eigenvalue weighted by Gasteiger charge is 2.62. The van der Waals surface area contributed by atoms with E-state index >= 15 is 0 Å². The van der Waals surface area contributed by atoms with E-state index in [1.165, 1.54) is 0 Å². The van der Waals surface area contributed by atoms with E-state index in [-0.39, 0.29) is 0 Å². The largest absolute Gasteiger partial charge is 0.476 e. The average Bonchev–Trinajstić information content (AvgIpc) is 2.39. The Morgan fingerprint density at radius 1 is 1.17 bits per heavy atom. The molecule has 0 aliphatic carbocycles. The fraction of sp³-hybridized carbons (Fsp3) is 0.750. The van der Waals surface area contributed by atoms with Gasteiger partial charge in [0, 0.05) is 6.92 Å². The van der Waals surface area contributed by atoms with Gasteiger partial charge in [-0.2, -0.15) is 0 Å². The van der Waals surface area contributed by atoms with Crippen molar-refractivity contribution in [3.63, 3.8) is 0 Å². The number of aliphatic hydroxyl groups excluding tert-OH is 4. The molecule has 0 aromatic carbocycles. The van der Waals surface area contributed by atoms with Crippen LogP contribution in [0.2, 0.25) is 0 Å². The van der Waals surface area contributed by atoms with Crippen LogP contribution in [0, 0.1) is 0 Å². The Labute approximate surface area is 129 Å². The van der Waals surface area contributed by atoms with Crippen molar-refractivity contribution < 1.29 is 58.1 Å². The molecule has 15 heteroatoms. The van der Waals surface area contributed by atoms with Crippen LogP contribution in [0.1, 0.15) is 6.92 Å². The van der Waals surface area contributed by atoms with Crippen LogP contribution in [0.15, 0.2) is 0 Å². The highest BCUT2D eigenvalue weighted by molar-refractivity contribution is 7.65. The summed E-state index contributed by atoms with van der Waals surface area (Å²) in [5.74, 6) is -3.52. The Kier molecular flexibility index (Phi) is 7.37. The summed E-state index contributed by atoms with van der Waals surface area (Å²) >= 11 is 0. The lowest BCUT2D eigenvalue weighted by molar-refractivity contribution is -0.144. The van der Waals surface area contributed by atoms with Crippen molar-refractivity contribution in [1.82, 2.24) is 0 Å². The third kappa shape index (κ3) is 4.95. The van der Waals surface area contributed by atoms with Gasteiger partial charge in [-0.05, 0) is 0 Å². The molecule has 9 N–H and O–H groups in total. The van der Waals surface area contributed by atoms with Gasteiger partial charge in [0.1, 0.15) is 18.3 Å². The number of Topliss-reactive ketones (excluding diaryl/α,β-unsaturated/α-hetero) is 2. The van der Waals surface area contributed by atoms with Gasteiger partial charge >= 0.3 is 15.4 Å². The molecule has 0 radical (unpaired) electrons. The molecule has 0 spiro atoms. The van der Waals surface area contributed by atoms with E-state index in [4.69, 9.17) is 20.6 Å². The number of rotatable bonds is 9. The van der Waals surface area contributed by atoms with Crippen molar-refractivity contribution in [3.05, 3.63) is 0 Å². The molecule has 0 bridgehead atoms. The maximum absolute atomic E-state index is 12.0. The van der Waals surface area contributed by atoms with Crippen LogP contribution in [0.3, 0.4) is 0 Å². The monoisotopic (exact) mass is 381 g/mol. The molecule has 23 heavy (non-hydrogen) atoms. The molecule has 0 aromatic rings. The zero-order chi connectivity index (χ0) is 18.8. The Bertz CT molecular complexity index is 559. The van der Waals surface area contributed by atoms with Gasteiger partial charge in [0.15, 0.2) is 5.78 Å². The normalized spacial score (nSPS) is 21.6. The van der Waals surface area contributed by atoms with Gasteiger partial charge in [-0.15, -0.1) is 0 Å². The Morgan fingerprint density at radius 2 is 1.61 bits per heavy atom. The third-order valence-corrected chi connectivity index (χ3v) is 5.86. The lowest BCUT2D eigenvalue weighted by Gasteiger charge is -2.37. The van der Waals surface area contributed by atoms with Crippen molar-refractivity contribution >= 4 is 27.0 Å². The van der Waals surface area contributed by atoms with E-state index in [1.54, 1.807) is 0 Å². The fourth-order valence-electron chi connectivity index (χ4n) is 1.50. The molecule has 0 aromatic heterocycles. The van der Waals surface area contributed by atoms with E-state index in [0.29, 0.717) is 6.92 Å². The van der Waals surface area contributed by atoms with Gasteiger partial charge in [-0.1, -0.05) is 0 Å². The minimum Gasteiger partial charge on any atom is -0.394 e. The maximum Gasteiger partial charge on any atom is 0.476 e. The molecule has 1 unspecified atom stereocenters. The third-order valence-electron chi connectivity index (χ3n) is 2.72. The topological polar surface area (TPSA) is 245 Å². The van der Waals surface area contributed by atoms with Crippen molar-refractivity contribution in [2.45, 2.75) is 30.5 Å². The highest BCUT2D eigenvalue weighted by Crippen LogP contribution is 2.64. The average molecular weight is 381 g/mol. The van der Waals surface area contributed by atoms with Crippen LogP contribution >= 0.6 is 15.4 Å². The molecule has 0 fully saturated rings. The Balaban J connectivity index is 6.15. The van der Waals surface area contributed by atoms with Crippen LogP contribution in [0.25, 0.3) is 0 Å². The summed E-state index contributed by atoms with van der Waals surface area (Å²) < 4.78 is 26.2. The number of ketones is 2. The van der Waals surface area contributed by atoms with Crippen LogP contribution in [-0.2, 0) is 23.0 Å². The van der Waals surface area contributed by atoms with Crippen LogP contribution < -0.4 is 5.73 Å². The molecule has 13 nitrogen and oxygen atoms in total. The first-order valence-electron chi connectivity index (χ1n) is 5.71. The lowest BCUT2D eigenvalue weighted by Crippen LogP contribution is -2.64. The van der Waals surface area contributed by atoms with E-state index in [0.717, 1.165) is 0 Å².